The van der Waals surface area contributed by atoms with Gasteiger partial charge in [0, 0.05) is 18.4 Å². The summed E-state index contributed by atoms with van der Waals surface area (Å²) in [7, 11) is 0. The molecule has 2 aromatic rings. The van der Waals surface area contributed by atoms with Crippen molar-refractivity contribution in [1.82, 2.24) is 4.90 Å². The van der Waals surface area contributed by atoms with E-state index in [2.05, 4.69) is 38.1 Å². The minimum Gasteiger partial charge on any atom is -0.282 e. The maximum absolute atomic E-state index is 13.2. The number of imide groups is 1. The minimum atomic E-state index is -0.235. The summed E-state index contributed by atoms with van der Waals surface area (Å²) in [6.45, 7) is 4.64. The van der Waals surface area contributed by atoms with Crippen LogP contribution in [-0.2, 0) is 9.59 Å². The van der Waals surface area contributed by atoms with Gasteiger partial charge in [-0.15, -0.1) is 0 Å². The SMILES string of the molecule is CC(C)CN1C(=O)[C@@H]2C3c4ccccc4C(c4ccccc43)[C@H]2C1=O. The van der Waals surface area contributed by atoms with Gasteiger partial charge in [0.1, 0.15) is 0 Å². The molecule has 2 aromatic carbocycles. The van der Waals surface area contributed by atoms with Crippen molar-refractivity contribution in [3.63, 3.8) is 0 Å². The van der Waals surface area contributed by atoms with Gasteiger partial charge >= 0.3 is 0 Å². The third-order valence-corrected chi connectivity index (χ3v) is 6.09. The van der Waals surface area contributed by atoms with E-state index in [-0.39, 0.29) is 41.4 Å². The molecular weight excluding hydrogens is 310 g/mol. The van der Waals surface area contributed by atoms with Gasteiger partial charge < -0.3 is 0 Å². The molecule has 25 heavy (non-hydrogen) atoms. The van der Waals surface area contributed by atoms with E-state index in [1.165, 1.54) is 27.2 Å². The van der Waals surface area contributed by atoms with Crippen molar-refractivity contribution in [1.29, 1.82) is 0 Å². The quantitative estimate of drug-likeness (QED) is 0.790. The summed E-state index contributed by atoms with van der Waals surface area (Å²) < 4.78 is 0. The van der Waals surface area contributed by atoms with Gasteiger partial charge in [0.05, 0.1) is 11.8 Å². The summed E-state index contributed by atoms with van der Waals surface area (Å²) in [5, 5.41) is 0. The van der Waals surface area contributed by atoms with Gasteiger partial charge in [0.15, 0.2) is 0 Å². The Morgan fingerprint density at radius 2 is 1.12 bits per heavy atom. The zero-order valence-electron chi connectivity index (χ0n) is 14.5. The number of amides is 2. The maximum Gasteiger partial charge on any atom is 0.234 e. The molecular formula is C22H21NO2. The highest BCUT2D eigenvalue weighted by Crippen LogP contribution is 2.60. The lowest BCUT2D eigenvalue weighted by Gasteiger charge is -2.45. The van der Waals surface area contributed by atoms with E-state index in [0.717, 1.165) is 0 Å². The molecule has 0 N–H and O–H groups in total. The molecule has 3 aliphatic carbocycles. The fourth-order valence-electron chi connectivity index (χ4n) is 5.28. The Hall–Kier alpha value is -2.42. The average Bonchev–Trinajstić information content (AvgIpc) is 2.87. The summed E-state index contributed by atoms with van der Waals surface area (Å²) in [6, 6.07) is 16.7. The number of hydrogen-bond donors (Lipinski definition) is 0. The Morgan fingerprint density at radius 1 is 0.760 bits per heavy atom. The molecule has 2 amide bonds. The first-order valence-electron chi connectivity index (χ1n) is 9.12. The van der Waals surface area contributed by atoms with Crippen LogP contribution in [0, 0.1) is 17.8 Å². The van der Waals surface area contributed by atoms with Crippen LogP contribution in [0.5, 0.6) is 0 Å². The number of carbonyl (C=O) groups excluding carboxylic acids is 2. The first-order chi connectivity index (χ1) is 12.1. The summed E-state index contributed by atoms with van der Waals surface area (Å²) >= 11 is 0. The zero-order valence-corrected chi connectivity index (χ0v) is 14.5. The average molecular weight is 331 g/mol. The minimum absolute atomic E-state index is 0.0102. The Morgan fingerprint density at radius 3 is 1.44 bits per heavy atom. The van der Waals surface area contributed by atoms with Gasteiger partial charge in [0.25, 0.3) is 0 Å². The molecule has 0 unspecified atom stereocenters. The van der Waals surface area contributed by atoms with Crippen LogP contribution in [0.15, 0.2) is 48.5 Å². The highest BCUT2D eigenvalue weighted by atomic mass is 16.2. The van der Waals surface area contributed by atoms with Gasteiger partial charge in [-0.05, 0) is 28.2 Å². The normalized spacial score (nSPS) is 29.0. The molecule has 0 radical (unpaired) electrons. The zero-order chi connectivity index (χ0) is 17.3. The second kappa shape index (κ2) is 5.04. The van der Waals surface area contributed by atoms with E-state index in [1.807, 2.05) is 24.3 Å². The number of rotatable bonds is 2. The molecule has 6 rings (SSSR count). The van der Waals surface area contributed by atoms with E-state index in [9.17, 15) is 9.59 Å². The van der Waals surface area contributed by atoms with Crippen LogP contribution >= 0.6 is 0 Å². The van der Waals surface area contributed by atoms with Gasteiger partial charge in [-0.1, -0.05) is 62.4 Å². The van der Waals surface area contributed by atoms with Gasteiger partial charge in [-0.25, -0.2) is 0 Å². The lowest BCUT2D eigenvalue weighted by atomic mass is 9.55. The van der Waals surface area contributed by atoms with Crippen molar-refractivity contribution >= 4 is 11.8 Å². The molecule has 3 nitrogen and oxygen atoms in total. The molecule has 0 aromatic heterocycles. The Kier molecular flexibility index (Phi) is 3.00. The topological polar surface area (TPSA) is 37.4 Å². The summed E-state index contributed by atoms with van der Waals surface area (Å²) in [4.78, 5) is 27.9. The molecule has 3 heteroatoms. The Labute approximate surface area is 147 Å². The monoisotopic (exact) mass is 331 g/mol. The predicted molar refractivity (Wildman–Crippen MR) is 95.1 cm³/mol. The second-order valence-electron chi connectivity index (χ2n) is 7.95. The highest BCUT2D eigenvalue weighted by Gasteiger charge is 2.61. The van der Waals surface area contributed by atoms with Crippen molar-refractivity contribution in [2.75, 3.05) is 6.54 Å². The molecule has 0 spiro atoms. The van der Waals surface area contributed by atoms with E-state index in [1.54, 1.807) is 0 Å². The third kappa shape index (κ3) is 1.81. The molecule has 2 atom stereocenters. The number of nitrogens with zero attached hydrogens (tertiary/aromatic N) is 1. The number of likely N-dealkylation sites (tertiary alicyclic amines) is 1. The highest BCUT2D eigenvalue weighted by molar-refractivity contribution is 6.07. The first kappa shape index (κ1) is 14.9. The number of carbonyl (C=O) groups is 2. The third-order valence-electron chi connectivity index (χ3n) is 6.09. The molecule has 2 bridgehead atoms. The maximum atomic E-state index is 13.2. The summed E-state index contributed by atoms with van der Waals surface area (Å²) in [5.41, 5.74) is 4.94. The van der Waals surface area contributed by atoms with Crippen LogP contribution in [-0.4, -0.2) is 23.3 Å². The van der Waals surface area contributed by atoms with Gasteiger partial charge in [0.2, 0.25) is 11.8 Å². The van der Waals surface area contributed by atoms with E-state index in [0.29, 0.717) is 6.54 Å². The van der Waals surface area contributed by atoms with Crippen molar-refractivity contribution in [3.05, 3.63) is 70.8 Å². The van der Waals surface area contributed by atoms with Crippen molar-refractivity contribution in [2.45, 2.75) is 25.7 Å². The molecule has 4 aliphatic rings. The van der Waals surface area contributed by atoms with Crippen LogP contribution in [0.4, 0.5) is 0 Å². The van der Waals surface area contributed by atoms with Gasteiger partial charge in [-0.2, -0.15) is 0 Å². The molecule has 1 saturated heterocycles. The lowest BCUT2D eigenvalue weighted by Crippen LogP contribution is -2.41. The van der Waals surface area contributed by atoms with Crippen molar-refractivity contribution in [3.8, 4) is 0 Å². The number of benzene rings is 2. The Bertz CT molecular complexity index is 785. The fraction of sp³-hybridized carbons (Fsp3) is 0.364. The summed E-state index contributed by atoms with van der Waals surface area (Å²) in [5.74, 6) is -0.102. The molecule has 126 valence electrons. The fourth-order valence-corrected chi connectivity index (χ4v) is 5.28. The van der Waals surface area contributed by atoms with E-state index >= 15 is 0 Å². The Balaban J connectivity index is 1.73. The van der Waals surface area contributed by atoms with E-state index < -0.39 is 0 Å². The lowest BCUT2D eigenvalue weighted by molar-refractivity contribution is -0.140. The van der Waals surface area contributed by atoms with Crippen LogP contribution in [0.25, 0.3) is 0 Å². The largest absolute Gasteiger partial charge is 0.282 e. The standard InChI is InChI=1S/C22H21NO2/c1-12(2)11-23-21(24)19-17-13-7-3-4-8-14(13)18(20(19)22(23)25)16-10-6-5-9-15(16)17/h3-10,12,17-20H,11H2,1-2H3/t17?,18?,19-,20-/m1/s1. The number of hydrogen-bond acceptors (Lipinski definition) is 2. The van der Waals surface area contributed by atoms with Crippen LogP contribution < -0.4 is 0 Å². The van der Waals surface area contributed by atoms with Crippen LogP contribution in [0.3, 0.4) is 0 Å². The molecule has 1 heterocycles. The van der Waals surface area contributed by atoms with E-state index in [4.69, 9.17) is 0 Å². The second-order valence-corrected chi connectivity index (χ2v) is 7.95. The van der Waals surface area contributed by atoms with Crippen LogP contribution in [0.1, 0.15) is 47.9 Å². The smallest absolute Gasteiger partial charge is 0.234 e. The molecule has 0 saturated carbocycles. The van der Waals surface area contributed by atoms with Crippen molar-refractivity contribution in [2.24, 2.45) is 17.8 Å². The first-order valence-corrected chi connectivity index (χ1v) is 9.12. The van der Waals surface area contributed by atoms with Gasteiger partial charge in [-0.3, -0.25) is 14.5 Å². The molecule has 1 fully saturated rings. The predicted octanol–water partition coefficient (Wildman–Crippen LogP) is 3.53. The van der Waals surface area contributed by atoms with Crippen LogP contribution in [0.2, 0.25) is 0 Å². The molecule has 1 aliphatic heterocycles. The van der Waals surface area contributed by atoms with Crippen molar-refractivity contribution < 1.29 is 9.59 Å². The summed E-state index contributed by atoms with van der Waals surface area (Å²) in [6.07, 6.45) is 0.